The minimum absolute atomic E-state index is 0.0276. The lowest BCUT2D eigenvalue weighted by atomic mass is 9.86. The highest BCUT2D eigenvalue weighted by molar-refractivity contribution is 7.92. The molecule has 0 unspecified atom stereocenters. The number of carbonyl (C=O) groups is 2. The molecule has 1 saturated heterocycles. The van der Waals surface area contributed by atoms with Gasteiger partial charge in [0.2, 0.25) is 0 Å². The summed E-state index contributed by atoms with van der Waals surface area (Å²) in [6.45, 7) is 7.59. The standard InChI is InChI=1S/C29H32N2O5S/c1-29(2,3)22-12-10-20(11-13-22)27(32)21-8-7-9-23(18-21)30-37(34,35)24-14-15-26(36-4)25(19-24)28(33)31-16-5-6-17-31/h7-15,18-19,30H,5-6,16-17H2,1-4H3. The molecule has 1 aliphatic rings. The smallest absolute Gasteiger partial charge is 0.261 e. The van der Waals surface area contributed by atoms with Crippen molar-refractivity contribution in [3.05, 3.63) is 89.0 Å². The molecule has 0 saturated carbocycles. The van der Waals surface area contributed by atoms with E-state index in [0.29, 0.717) is 30.0 Å². The van der Waals surface area contributed by atoms with E-state index in [1.165, 1.54) is 31.4 Å². The van der Waals surface area contributed by atoms with Crippen LogP contribution in [0.1, 0.15) is 65.5 Å². The van der Waals surface area contributed by atoms with Gasteiger partial charge in [-0.05, 0) is 54.2 Å². The molecule has 1 heterocycles. The van der Waals surface area contributed by atoms with E-state index < -0.39 is 10.0 Å². The third kappa shape index (κ3) is 5.85. The van der Waals surface area contributed by atoms with E-state index in [1.807, 2.05) is 12.1 Å². The molecule has 3 aromatic rings. The number of hydrogen-bond acceptors (Lipinski definition) is 5. The summed E-state index contributed by atoms with van der Waals surface area (Å²) in [7, 11) is -2.59. The summed E-state index contributed by atoms with van der Waals surface area (Å²) in [6.07, 6.45) is 1.84. The van der Waals surface area contributed by atoms with Crippen molar-refractivity contribution in [2.24, 2.45) is 0 Å². The minimum atomic E-state index is -4.03. The maximum Gasteiger partial charge on any atom is 0.261 e. The van der Waals surface area contributed by atoms with Crippen molar-refractivity contribution in [1.29, 1.82) is 0 Å². The van der Waals surface area contributed by atoms with Crippen LogP contribution in [0, 0.1) is 0 Å². The van der Waals surface area contributed by atoms with Crippen LogP contribution in [0.3, 0.4) is 0 Å². The fourth-order valence-electron chi connectivity index (χ4n) is 4.34. The molecule has 4 rings (SSSR count). The van der Waals surface area contributed by atoms with Crippen LogP contribution in [0.4, 0.5) is 5.69 Å². The summed E-state index contributed by atoms with van der Waals surface area (Å²) < 4.78 is 34.3. The van der Waals surface area contributed by atoms with E-state index in [2.05, 4.69) is 25.5 Å². The van der Waals surface area contributed by atoms with E-state index >= 15 is 0 Å². The van der Waals surface area contributed by atoms with Crippen LogP contribution < -0.4 is 9.46 Å². The van der Waals surface area contributed by atoms with Gasteiger partial charge in [-0.25, -0.2) is 8.42 Å². The molecule has 8 heteroatoms. The Labute approximate surface area is 218 Å². The molecule has 0 radical (unpaired) electrons. The van der Waals surface area contributed by atoms with E-state index in [-0.39, 0.29) is 33.3 Å². The number of anilines is 1. The first-order valence-corrected chi connectivity index (χ1v) is 13.7. The number of nitrogens with one attached hydrogen (secondary N) is 1. The fourth-order valence-corrected chi connectivity index (χ4v) is 5.41. The quantitative estimate of drug-likeness (QED) is 0.429. The van der Waals surface area contributed by atoms with E-state index in [0.717, 1.165) is 18.4 Å². The second-order valence-corrected chi connectivity index (χ2v) is 11.9. The number of likely N-dealkylation sites (tertiary alicyclic amines) is 1. The number of ether oxygens (including phenoxy) is 1. The Morgan fingerprint density at radius 1 is 0.892 bits per heavy atom. The molecular weight excluding hydrogens is 488 g/mol. The first-order chi connectivity index (χ1) is 17.5. The highest BCUT2D eigenvalue weighted by Gasteiger charge is 2.25. The molecule has 1 amide bonds. The number of amides is 1. The summed E-state index contributed by atoms with van der Waals surface area (Å²) in [6, 6.07) is 18.0. The lowest BCUT2D eigenvalue weighted by molar-refractivity contribution is 0.0789. The molecule has 0 bridgehead atoms. The second kappa shape index (κ2) is 10.4. The summed E-state index contributed by atoms with van der Waals surface area (Å²) in [5.74, 6) is -0.137. The van der Waals surface area contributed by atoms with Crippen molar-refractivity contribution in [2.45, 2.75) is 43.9 Å². The molecule has 194 valence electrons. The summed E-state index contributed by atoms with van der Waals surface area (Å²) >= 11 is 0. The maximum absolute atomic E-state index is 13.2. The molecule has 7 nitrogen and oxygen atoms in total. The number of sulfonamides is 1. The van der Waals surface area contributed by atoms with Crippen LogP contribution >= 0.6 is 0 Å². The van der Waals surface area contributed by atoms with Gasteiger partial charge in [0.15, 0.2) is 5.78 Å². The number of ketones is 1. The monoisotopic (exact) mass is 520 g/mol. The van der Waals surface area contributed by atoms with Crippen LogP contribution in [0.2, 0.25) is 0 Å². The highest BCUT2D eigenvalue weighted by Crippen LogP contribution is 2.27. The highest BCUT2D eigenvalue weighted by atomic mass is 32.2. The first kappa shape index (κ1) is 26.4. The Morgan fingerprint density at radius 3 is 2.19 bits per heavy atom. The van der Waals surface area contributed by atoms with Gasteiger partial charge in [-0.1, -0.05) is 57.2 Å². The van der Waals surface area contributed by atoms with Crippen LogP contribution in [0.5, 0.6) is 5.75 Å². The van der Waals surface area contributed by atoms with Crippen LogP contribution in [0.15, 0.2) is 71.6 Å². The zero-order valence-corrected chi connectivity index (χ0v) is 22.4. The molecule has 0 spiro atoms. The Kier molecular flexibility index (Phi) is 7.41. The molecule has 3 aromatic carbocycles. The van der Waals surface area contributed by atoms with Gasteiger partial charge in [0, 0.05) is 29.9 Å². The molecule has 1 fully saturated rings. The summed E-state index contributed by atoms with van der Waals surface area (Å²) in [4.78, 5) is 27.7. The Balaban J connectivity index is 1.58. The van der Waals surface area contributed by atoms with Crippen LogP contribution in [0.25, 0.3) is 0 Å². The van der Waals surface area contributed by atoms with Gasteiger partial charge < -0.3 is 9.64 Å². The average molecular weight is 521 g/mol. The molecule has 0 aliphatic carbocycles. The van der Waals surface area contributed by atoms with Crippen molar-refractivity contribution < 1.29 is 22.7 Å². The van der Waals surface area contributed by atoms with Crippen LogP contribution in [-0.2, 0) is 15.4 Å². The number of methoxy groups -OCH3 is 1. The third-order valence-electron chi connectivity index (χ3n) is 6.50. The average Bonchev–Trinajstić information content (AvgIpc) is 3.42. The Hall–Kier alpha value is -3.65. The second-order valence-electron chi connectivity index (χ2n) is 10.2. The van der Waals surface area contributed by atoms with Gasteiger partial charge in [0.05, 0.1) is 17.6 Å². The lowest BCUT2D eigenvalue weighted by Gasteiger charge is -2.19. The molecule has 1 N–H and O–H groups in total. The topological polar surface area (TPSA) is 92.8 Å². The molecule has 1 aliphatic heterocycles. The van der Waals surface area contributed by atoms with Gasteiger partial charge >= 0.3 is 0 Å². The largest absolute Gasteiger partial charge is 0.496 e. The number of carbonyl (C=O) groups excluding carboxylic acids is 2. The Bertz CT molecular complexity index is 1420. The van der Waals surface area contributed by atoms with Gasteiger partial charge in [-0.15, -0.1) is 0 Å². The van der Waals surface area contributed by atoms with Gasteiger partial charge in [0.1, 0.15) is 5.75 Å². The molecule has 0 aromatic heterocycles. The number of benzene rings is 3. The van der Waals surface area contributed by atoms with Crippen molar-refractivity contribution in [1.82, 2.24) is 4.90 Å². The zero-order valence-electron chi connectivity index (χ0n) is 21.6. The van der Waals surface area contributed by atoms with Crippen molar-refractivity contribution in [3.8, 4) is 5.75 Å². The van der Waals surface area contributed by atoms with Crippen molar-refractivity contribution in [2.75, 3.05) is 24.9 Å². The number of rotatable bonds is 7. The third-order valence-corrected chi connectivity index (χ3v) is 7.87. The normalized spacial score (nSPS) is 13.9. The molecular formula is C29H32N2O5S. The molecule has 37 heavy (non-hydrogen) atoms. The predicted octanol–water partition coefficient (Wildman–Crippen LogP) is 5.26. The number of hydrogen-bond donors (Lipinski definition) is 1. The fraction of sp³-hybridized carbons (Fsp3) is 0.310. The van der Waals surface area contributed by atoms with Crippen molar-refractivity contribution in [3.63, 3.8) is 0 Å². The SMILES string of the molecule is COc1ccc(S(=O)(=O)Nc2cccc(C(=O)c3ccc(C(C)(C)C)cc3)c2)cc1C(=O)N1CCCC1. The van der Waals surface area contributed by atoms with Gasteiger partial charge in [-0.3, -0.25) is 14.3 Å². The van der Waals surface area contributed by atoms with Crippen LogP contribution in [-0.4, -0.2) is 45.2 Å². The summed E-state index contributed by atoms with van der Waals surface area (Å²) in [5.41, 5.74) is 2.43. The van der Waals surface area contributed by atoms with Gasteiger partial charge in [0.25, 0.3) is 15.9 Å². The molecule has 0 atom stereocenters. The summed E-state index contributed by atoms with van der Waals surface area (Å²) in [5, 5.41) is 0. The van der Waals surface area contributed by atoms with Crippen molar-refractivity contribution >= 4 is 27.4 Å². The van der Waals surface area contributed by atoms with E-state index in [4.69, 9.17) is 4.74 Å². The number of nitrogens with zero attached hydrogens (tertiary/aromatic N) is 1. The maximum atomic E-state index is 13.2. The predicted molar refractivity (Wildman–Crippen MR) is 144 cm³/mol. The lowest BCUT2D eigenvalue weighted by Crippen LogP contribution is -2.28. The minimum Gasteiger partial charge on any atom is -0.496 e. The zero-order chi connectivity index (χ0) is 26.8. The van der Waals surface area contributed by atoms with E-state index in [9.17, 15) is 18.0 Å². The van der Waals surface area contributed by atoms with E-state index in [1.54, 1.807) is 35.2 Å². The van der Waals surface area contributed by atoms with Gasteiger partial charge in [-0.2, -0.15) is 0 Å². The Morgan fingerprint density at radius 2 is 1.57 bits per heavy atom. The first-order valence-electron chi connectivity index (χ1n) is 12.2.